The molecule has 1 rings (SSSR count). The first-order chi connectivity index (χ1) is 5.87. The molecular weight excluding hydrogens is 160 g/mol. The van der Waals surface area contributed by atoms with Gasteiger partial charge in [0.1, 0.15) is 0 Å². The molecule has 2 atom stereocenters. The third-order valence-electron chi connectivity index (χ3n) is 3.11. The fraction of sp³-hybridized carbons (Fsp3) is 1.00. The van der Waals surface area contributed by atoms with Gasteiger partial charge in [-0.15, -0.1) is 0 Å². The minimum Gasteiger partial charge on any atom is -0.372 e. The van der Waals surface area contributed by atoms with Gasteiger partial charge >= 0.3 is 0 Å². The Hall–Kier alpha value is -0.0400. The molecule has 0 aromatic carbocycles. The Bertz CT molecular complexity index is 168. The van der Waals surface area contributed by atoms with E-state index in [0.29, 0.717) is 11.5 Å². The summed E-state index contributed by atoms with van der Waals surface area (Å²) < 4.78 is 6.15. The van der Waals surface area contributed by atoms with Gasteiger partial charge in [0.25, 0.3) is 0 Å². The average molecular weight is 184 g/mol. The molecule has 2 unspecified atom stereocenters. The third kappa shape index (κ3) is 2.70. The van der Waals surface area contributed by atoms with Gasteiger partial charge in [-0.2, -0.15) is 0 Å². The van der Waals surface area contributed by atoms with Crippen molar-refractivity contribution in [1.29, 1.82) is 0 Å². The smallest absolute Gasteiger partial charge is 0.0659 e. The maximum Gasteiger partial charge on any atom is 0.0659 e. The second-order valence-electron chi connectivity index (χ2n) is 5.71. The van der Waals surface area contributed by atoms with Crippen LogP contribution in [0.1, 0.15) is 60.3 Å². The lowest BCUT2D eigenvalue weighted by atomic mass is 9.87. The summed E-state index contributed by atoms with van der Waals surface area (Å²) in [5.74, 6) is 0. The van der Waals surface area contributed by atoms with E-state index in [9.17, 15) is 0 Å². The number of hydrogen-bond acceptors (Lipinski definition) is 1. The van der Waals surface area contributed by atoms with Gasteiger partial charge in [-0.1, -0.05) is 34.1 Å². The lowest BCUT2D eigenvalue weighted by Crippen LogP contribution is -2.31. The highest BCUT2D eigenvalue weighted by Crippen LogP contribution is 2.40. The van der Waals surface area contributed by atoms with Crippen LogP contribution in [0.2, 0.25) is 0 Å². The summed E-state index contributed by atoms with van der Waals surface area (Å²) >= 11 is 0. The van der Waals surface area contributed by atoms with E-state index in [1.54, 1.807) is 0 Å². The van der Waals surface area contributed by atoms with Crippen LogP contribution in [0.15, 0.2) is 0 Å². The molecule has 1 fully saturated rings. The Morgan fingerprint density at radius 2 is 2.00 bits per heavy atom. The van der Waals surface area contributed by atoms with Crippen molar-refractivity contribution in [3.63, 3.8) is 0 Å². The molecule has 0 aliphatic carbocycles. The lowest BCUT2D eigenvalue weighted by Gasteiger charge is -2.30. The van der Waals surface area contributed by atoms with E-state index in [0.717, 1.165) is 0 Å². The van der Waals surface area contributed by atoms with Crippen LogP contribution in [-0.4, -0.2) is 11.7 Å². The molecule has 0 bridgehead atoms. The topological polar surface area (TPSA) is 9.23 Å². The van der Waals surface area contributed by atoms with Crippen molar-refractivity contribution in [3.05, 3.63) is 0 Å². The molecular formula is C12H24O. The van der Waals surface area contributed by atoms with Gasteiger partial charge < -0.3 is 4.74 Å². The van der Waals surface area contributed by atoms with E-state index in [-0.39, 0.29) is 5.60 Å². The largest absolute Gasteiger partial charge is 0.372 e. The molecule has 0 saturated carbocycles. The lowest BCUT2D eigenvalue weighted by molar-refractivity contribution is -0.0744. The Morgan fingerprint density at radius 3 is 2.38 bits per heavy atom. The summed E-state index contributed by atoms with van der Waals surface area (Å²) in [6, 6.07) is 0. The molecule has 0 aromatic heterocycles. The van der Waals surface area contributed by atoms with Crippen LogP contribution in [0, 0.1) is 5.41 Å². The molecule has 0 amide bonds. The van der Waals surface area contributed by atoms with Crippen LogP contribution >= 0.6 is 0 Å². The van der Waals surface area contributed by atoms with E-state index in [4.69, 9.17) is 4.74 Å². The zero-order valence-electron chi connectivity index (χ0n) is 9.81. The predicted molar refractivity (Wildman–Crippen MR) is 56.9 cm³/mol. The quantitative estimate of drug-likeness (QED) is 0.634. The first kappa shape index (κ1) is 11.0. The SMILES string of the molecule is CCCC1(C)CCC(C(C)(C)C)O1. The van der Waals surface area contributed by atoms with E-state index in [2.05, 4.69) is 34.6 Å². The highest BCUT2D eigenvalue weighted by molar-refractivity contribution is 4.89. The molecule has 1 saturated heterocycles. The van der Waals surface area contributed by atoms with E-state index in [1.165, 1.54) is 25.7 Å². The highest BCUT2D eigenvalue weighted by atomic mass is 16.5. The Balaban J connectivity index is 2.53. The van der Waals surface area contributed by atoms with Crippen LogP contribution in [0.3, 0.4) is 0 Å². The van der Waals surface area contributed by atoms with Crippen molar-refractivity contribution in [2.75, 3.05) is 0 Å². The van der Waals surface area contributed by atoms with Gasteiger partial charge in [0, 0.05) is 0 Å². The van der Waals surface area contributed by atoms with Crippen molar-refractivity contribution >= 4 is 0 Å². The standard InChI is InChI=1S/C12H24O/c1-6-8-12(5)9-7-10(13-12)11(2,3)4/h10H,6-9H2,1-5H3. The maximum atomic E-state index is 6.15. The molecule has 78 valence electrons. The third-order valence-corrected chi connectivity index (χ3v) is 3.11. The van der Waals surface area contributed by atoms with Crippen molar-refractivity contribution < 1.29 is 4.74 Å². The van der Waals surface area contributed by atoms with E-state index in [1.807, 2.05) is 0 Å². The molecule has 1 heteroatoms. The molecule has 0 aromatic rings. The number of rotatable bonds is 2. The Morgan fingerprint density at radius 1 is 1.38 bits per heavy atom. The molecule has 0 N–H and O–H groups in total. The number of ether oxygens (including phenoxy) is 1. The van der Waals surface area contributed by atoms with Crippen LogP contribution < -0.4 is 0 Å². The number of hydrogen-bond donors (Lipinski definition) is 0. The summed E-state index contributed by atoms with van der Waals surface area (Å²) in [5.41, 5.74) is 0.484. The summed E-state index contributed by atoms with van der Waals surface area (Å²) in [7, 11) is 0. The fourth-order valence-electron chi connectivity index (χ4n) is 2.22. The van der Waals surface area contributed by atoms with Crippen LogP contribution in [0.4, 0.5) is 0 Å². The van der Waals surface area contributed by atoms with Gasteiger partial charge in [0.15, 0.2) is 0 Å². The Labute approximate surface area is 82.9 Å². The molecule has 1 aliphatic rings. The van der Waals surface area contributed by atoms with E-state index >= 15 is 0 Å². The minimum absolute atomic E-state index is 0.173. The van der Waals surface area contributed by atoms with Crippen LogP contribution in [-0.2, 0) is 4.74 Å². The predicted octanol–water partition coefficient (Wildman–Crippen LogP) is 3.77. The molecule has 1 aliphatic heterocycles. The Kier molecular flexibility index (Phi) is 3.06. The monoisotopic (exact) mass is 184 g/mol. The summed E-state index contributed by atoms with van der Waals surface area (Å²) in [4.78, 5) is 0. The second kappa shape index (κ2) is 3.61. The van der Waals surface area contributed by atoms with Gasteiger partial charge in [-0.3, -0.25) is 0 Å². The zero-order valence-corrected chi connectivity index (χ0v) is 9.81. The second-order valence-corrected chi connectivity index (χ2v) is 5.71. The van der Waals surface area contributed by atoms with E-state index < -0.39 is 0 Å². The van der Waals surface area contributed by atoms with Crippen molar-refractivity contribution in [2.24, 2.45) is 5.41 Å². The van der Waals surface area contributed by atoms with Gasteiger partial charge in [-0.05, 0) is 31.6 Å². The zero-order chi connectivity index (χ0) is 10.1. The van der Waals surface area contributed by atoms with Gasteiger partial charge in [-0.25, -0.2) is 0 Å². The molecule has 1 heterocycles. The summed E-state index contributed by atoms with van der Waals surface area (Å²) in [6.07, 6.45) is 5.37. The summed E-state index contributed by atoms with van der Waals surface area (Å²) in [6.45, 7) is 11.3. The van der Waals surface area contributed by atoms with Crippen LogP contribution in [0.25, 0.3) is 0 Å². The van der Waals surface area contributed by atoms with Crippen LogP contribution in [0.5, 0.6) is 0 Å². The first-order valence-corrected chi connectivity index (χ1v) is 5.55. The van der Waals surface area contributed by atoms with Crippen molar-refractivity contribution in [3.8, 4) is 0 Å². The van der Waals surface area contributed by atoms with Crippen molar-refractivity contribution in [1.82, 2.24) is 0 Å². The molecule has 1 nitrogen and oxygen atoms in total. The minimum atomic E-state index is 0.173. The normalized spacial score (nSPS) is 35.3. The highest BCUT2D eigenvalue weighted by Gasteiger charge is 2.40. The van der Waals surface area contributed by atoms with Gasteiger partial charge in [0.2, 0.25) is 0 Å². The van der Waals surface area contributed by atoms with Crippen molar-refractivity contribution in [2.45, 2.75) is 72.0 Å². The first-order valence-electron chi connectivity index (χ1n) is 5.55. The molecule has 13 heavy (non-hydrogen) atoms. The van der Waals surface area contributed by atoms with Gasteiger partial charge in [0.05, 0.1) is 11.7 Å². The fourth-order valence-corrected chi connectivity index (χ4v) is 2.22. The summed E-state index contributed by atoms with van der Waals surface area (Å²) in [5, 5.41) is 0. The molecule has 0 spiro atoms. The average Bonchev–Trinajstić information content (AvgIpc) is 2.31. The maximum absolute atomic E-state index is 6.15. The molecule has 0 radical (unpaired) electrons.